The summed E-state index contributed by atoms with van der Waals surface area (Å²) < 4.78 is 0.882. The van der Waals surface area contributed by atoms with Gasteiger partial charge in [0.05, 0.1) is 0 Å². The maximum absolute atomic E-state index is 11.9. The van der Waals surface area contributed by atoms with E-state index in [9.17, 15) is 4.79 Å². The van der Waals surface area contributed by atoms with Crippen molar-refractivity contribution < 1.29 is 4.79 Å². The second kappa shape index (κ2) is 6.12. The normalized spacial score (nSPS) is 20.6. The Balaban J connectivity index is 1.93. The predicted octanol–water partition coefficient (Wildman–Crippen LogP) is 1.72. The minimum Gasteiger partial charge on any atom is -0.348 e. The molecular formula is C12H16BrN3O. The Morgan fingerprint density at radius 2 is 2.29 bits per heavy atom. The van der Waals surface area contributed by atoms with Crippen LogP contribution in [0.2, 0.25) is 0 Å². The summed E-state index contributed by atoms with van der Waals surface area (Å²) in [6, 6.07) is 3.83. The first-order valence-corrected chi connectivity index (χ1v) is 6.68. The molecular weight excluding hydrogens is 282 g/mol. The molecule has 2 N–H and O–H groups in total. The van der Waals surface area contributed by atoms with E-state index in [-0.39, 0.29) is 11.9 Å². The van der Waals surface area contributed by atoms with E-state index in [4.69, 9.17) is 0 Å². The second-order valence-corrected chi connectivity index (χ2v) is 5.13. The molecule has 1 saturated heterocycles. The molecule has 17 heavy (non-hydrogen) atoms. The van der Waals surface area contributed by atoms with Gasteiger partial charge in [-0.05, 0) is 60.4 Å². The second-order valence-electron chi connectivity index (χ2n) is 4.21. The van der Waals surface area contributed by atoms with Gasteiger partial charge in [-0.3, -0.25) is 4.79 Å². The lowest BCUT2D eigenvalue weighted by molar-refractivity contribution is 0.0929. The summed E-state index contributed by atoms with van der Waals surface area (Å²) in [5.41, 5.74) is 0.477. The molecule has 92 valence electrons. The van der Waals surface area contributed by atoms with Crippen molar-refractivity contribution in [2.75, 3.05) is 13.1 Å². The highest BCUT2D eigenvalue weighted by molar-refractivity contribution is 9.10. The zero-order valence-corrected chi connectivity index (χ0v) is 11.2. The lowest BCUT2D eigenvalue weighted by Gasteiger charge is -2.15. The zero-order chi connectivity index (χ0) is 12.1. The van der Waals surface area contributed by atoms with Crippen molar-refractivity contribution in [2.45, 2.75) is 25.3 Å². The van der Waals surface area contributed by atoms with E-state index in [1.54, 1.807) is 12.3 Å². The van der Waals surface area contributed by atoms with Crippen molar-refractivity contribution in [1.29, 1.82) is 0 Å². The maximum atomic E-state index is 11.9. The van der Waals surface area contributed by atoms with Gasteiger partial charge in [-0.15, -0.1) is 0 Å². The van der Waals surface area contributed by atoms with Crippen LogP contribution >= 0.6 is 15.9 Å². The van der Waals surface area contributed by atoms with Crippen LogP contribution in [-0.2, 0) is 0 Å². The van der Waals surface area contributed by atoms with Crippen molar-refractivity contribution in [1.82, 2.24) is 15.6 Å². The number of hydrogen-bond acceptors (Lipinski definition) is 3. The van der Waals surface area contributed by atoms with E-state index in [0.717, 1.165) is 36.8 Å². The standard InChI is InChI=1S/C12H16BrN3O/c13-9-3-4-11(15-8-9)12(17)16-10-2-1-6-14-7-5-10/h3-4,8,10,14H,1-2,5-7H2,(H,16,17). The lowest BCUT2D eigenvalue weighted by atomic mass is 10.1. The predicted molar refractivity (Wildman–Crippen MR) is 69.9 cm³/mol. The van der Waals surface area contributed by atoms with Crippen LogP contribution in [0.25, 0.3) is 0 Å². The lowest BCUT2D eigenvalue weighted by Crippen LogP contribution is -2.35. The largest absolute Gasteiger partial charge is 0.348 e. The fraction of sp³-hybridized carbons (Fsp3) is 0.500. The van der Waals surface area contributed by atoms with Gasteiger partial charge in [-0.1, -0.05) is 0 Å². The van der Waals surface area contributed by atoms with Gasteiger partial charge >= 0.3 is 0 Å². The Morgan fingerprint density at radius 1 is 1.41 bits per heavy atom. The fourth-order valence-corrected chi connectivity index (χ4v) is 2.17. The van der Waals surface area contributed by atoms with Gasteiger partial charge in [-0.25, -0.2) is 4.98 Å². The number of pyridine rings is 1. The number of nitrogens with zero attached hydrogens (tertiary/aromatic N) is 1. The summed E-state index contributed by atoms with van der Waals surface area (Å²) in [5.74, 6) is -0.0793. The third kappa shape index (κ3) is 3.78. The molecule has 1 aromatic rings. The average Bonchev–Trinajstić information content (AvgIpc) is 2.58. The van der Waals surface area contributed by atoms with E-state index >= 15 is 0 Å². The van der Waals surface area contributed by atoms with Crippen molar-refractivity contribution >= 4 is 21.8 Å². The quantitative estimate of drug-likeness (QED) is 0.874. The van der Waals surface area contributed by atoms with E-state index in [1.807, 2.05) is 6.07 Å². The summed E-state index contributed by atoms with van der Waals surface area (Å²) in [6.07, 6.45) is 4.78. The number of rotatable bonds is 2. The van der Waals surface area contributed by atoms with Gasteiger partial charge in [0.15, 0.2) is 0 Å². The van der Waals surface area contributed by atoms with Gasteiger partial charge < -0.3 is 10.6 Å². The molecule has 0 aliphatic carbocycles. The van der Waals surface area contributed by atoms with Crippen LogP contribution in [0, 0.1) is 0 Å². The van der Waals surface area contributed by atoms with Crippen LogP contribution in [0.5, 0.6) is 0 Å². The third-order valence-electron chi connectivity index (χ3n) is 2.87. The highest BCUT2D eigenvalue weighted by Crippen LogP contribution is 2.09. The topological polar surface area (TPSA) is 54.0 Å². The smallest absolute Gasteiger partial charge is 0.270 e. The molecule has 0 bridgehead atoms. The molecule has 1 fully saturated rings. The van der Waals surface area contributed by atoms with Crippen molar-refractivity contribution in [2.24, 2.45) is 0 Å². The Bertz CT molecular complexity index is 372. The van der Waals surface area contributed by atoms with Gasteiger partial charge in [0, 0.05) is 16.7 Å². The Morgan fingerprint density at radius 3 is 3.06 bits per heavy atom. The highest BCUT2D eigenvalue weighted by atomic mass is 79.9. The van der Waals surface area contributed by atoms with Crippen LogP contribution in [0.4, 0.5) is 0 Å². The number of carbonyl (C=O) groups is 1. The van der Waals surface area contributed by atoms with Gasteiger partial charge in [-0.2, -0.15) is 0 Å². The molecule has 0 saturated carbocycles. The summed E-state index contributed by atoms with van der Waals surface area (Å²) in [4.78, 5) is 16.0. The molecule has 1 amide bonds. The molecule has 0 spiro atoms. The number of hydrogen-bond donors (Lipinski definition) is 2. The van der Waals surface area contributed by atoms with Crippen LogP contribution < -0.4 is 10.6 Å². The summed E-state index contributed by atoms with van der Waals surface area (Å²) in [7, 11) is 0. The number of carbonyl (C=O) groups excluding carboxylic acids is 1. The Hall–Kier alpha value is -0.940. The van der Waals surface area contributed by atoms with Crippen molar-refractivity contribution in [3.05, 3.63) is 28.5 Å². The van der Waals surface area contributed by atoms with Crippen LogP contribution in [-0.4, -0.2) is 30.0 Å². The zero-order valence-electron chi connectivity index (χ0n) is 9.58. The molecule has 5 heteroatoms. The van der Waals surface area contributed by atoms with E-state index in [1.165, 1.54) is 0 Å². The average molecular weight is 298 g/mol. The molecule has 1 aliphatic rings. The minimum absolute atomic E-state index is 0.0793. The van der Waals surface area contributed by atoms with Gasteiger partial charge in [0.25, 0.3) is 5.91 Å². The van der Waals surface area contributed by atoms with E-state index in [2.05, 4.69) is 31.5 Å². The molecule has 1 unspecified atom stereocenters. The first kappa shape index (κ1) is 12.5. The molecule has 0 aromatic carbocycles. The molecule has 2 rings (SSSR count). The summed E-state index contributed by atoms with van der Waals surface area (Å²) >= 11 is 3.30. The van der Waals surface area contributed by atoms with E-state index < -0.39 is 0 Å². The van der Waals surface area contributed by atoms with Gasteiger partial charge in [0.1, 0.15) is 5.69 Å². The van der Waals surface area contributed by atoms with Gasteiger partial charge in [0.2, 0.25) is 0 Å². The molecule has 2 heterocycles. The summed E-state index contributed by atoms with van der Waals surface area (Å²) in [6.45, 7) is 2.02. The number of aromatic nitrogens is 1. The molecule has 1 aliphatic heterocycles. The summed E-state index contributed by atoms with van der Waals surface area (Å²) in [5, 5.41) is 6.36. The SMILES string of the molecule is O=C(NC1CCCNCC1)c1ccc(Br)cn1. The molecule has 4 nitrogen and oxygen atoms in total. The first-order valence-electron chi connectivity index (χ1n) is 5.89. The third-order valence-corrected chi connectivity index (χ3v) is 3.34. The van der Waals surface area contributed by atoms with Crippen LogP contribution in [0.1, 0.15) is 29.8 Å². The number of halogens is 1. The number of nitrogens with one attached hydrogen (secondary N) is 2. The van der Waals surface area contributed by atoms with E-state index in [0.29, 0.717) is 5.69 Å². The minimum atomic E-state index is -0.0793. The number of amides is 1. The van der Waals surface area contributed by atoms with Crippen LogP contribution in [0.3, 0.4) is 0 Å². The molecule has 0 radical (unpaired) electrons. The fourth-order valence-electron chi connectivity index (χ4n) is 1.93. The van der Waals surface area contributed by atoms with Crippen molar-refractivity contribution in [3.8, 4) is 0 Å². The molecule has 1 atom stereocenters. The first-order chi connectivity index (χ1) is 8.25. The highest BCUT2D eigenvalue weighted by Gasteiger charge is 2.15. The van der Waals surface area contributed by atoms with Crippen molar-refractivity contribution in [3.63, 3.8) is 0 Å². The molecule has 1 aromatic heterocycles. The Kier molecular flexibility index (Phi) is 4.50. The Labute approximate surface area is 109 Å². The van der Waals surface area contributed by atoms with Crippen LogP contribution in [0.15, 0.2) is 22.8 Å². The maximum Gasteiger partial charge on any atom is 0.270 e. The monoisotopic (exact) mass is 297 g/mol.